The zero-order chi connectivity index (χ0) is 14.3. The molecule has 3 nitrogen and oxygen atoms in total. The molecule has 0 bridgehead atoms. The van der Waals surface area contributed by atoms with E-state index in [1.54, 1.807) is 7.11 Å². The van der Waals surface area contributed by atoms with Gasteiger partial charge in [0.1, 0.15) is 5.75 Å². The highest BCUT2D eigenvalue weighted by Gasteiger charge is 2.15. The van der Waals surface area contributed by atoms with Crippen molar-refractivity contribution in [2.24, 2.45) is 11.7 Å². The number of nitrogens with zero attached hydrogens (tertiary/aromatic N) is 1. The predicted octanol–water partition coefficient (Wildman–Crippen LogP) is 2.54. The lowest BCUT2D eigenvalue weighted by atomic mass is 10.0. The van der Waals surface area contributed by atoms with Crippen molar-refractivity contribution in [2.45, 2.75) is 32.7 Å². The van der Waals surface area contributed by atoms with Gasteiger partial charge in [0, 0.05) is 12.6 Å². The molecule has 0 saturated heterocycles. The fourth-order valence-electron chi connectivity index (χ4n) is 2.30. The van der Waals surface area contributed by atoms with Gasteiger partial charge in [0.05, 0.1) is 7.11 Å². The van der Waals surface area contributed by atoms with Gasteiger partial charge in [-0.2, -0.15) is 0 Å². The van der Waals surface area contributed by atoms with Gasteiger partial charge in [-0.1, -0.05) is 31.5 Å². The van der Waals surface area contributed by atoms with Crippen molar-refractivity contribution in [3.63, 3.8) is 0 Å². The number of hydrogen-bond acceptors (Lipinski definition) is 3. The Morgan fingerprint density at radius 3 is 2.58 bits per heavy atom. The maximum Gasteiger partial charge on any atom is 0.122 e. The van der Waals surface area contributed by atoms with Crippen molar-refractivity contribution in [1.82, 2.24) is 4.90 Å². The average molecular weight is 264 g/mol. The van der Waals surface area contributed by atoms with Crippen molar-refractivity contribution in [1.29, 1.82) is 0 Å². The minimum atomic E-state index is 0.483. The number of nitrogens with two attached hydrogens (primary N) is 1. The van der Waals surface area contributed by atoms with E-state index < -0.39 is 0 Å². The second-order valence-corrected chi connectivity index (χ2v) is 5.31. The van der Waals surface area contributed by atoms with Gasteiger partial charge in [0.2, 0.25) is 0 Å². The molecule has 0 radical (unpaired) electrons. The van der Waals surface area contributed by atoms with Crippen LogP contribution < -0.4 is 10.5 Å². The van der Waals surface area contributed by atoms with E-state index in [-0.39, 0.29) is 0 Å². The van der Waals surface area contributed by atoms with Crippen LogP contribution in [0.1, 0.15) is 25.8 Å². The Morgan fingerprint density at radius 1 is 1.32 bits per heavy atom. The van der Waals surface area contributed by atoms with E-state index in [0.29, 0.717) is 12.0 Å². The standard InChI is InChI=1S/C16H28N2O/c1-5-14(11-17)12-18(3)13(2)10-15-8-6-7-9-16(15)19-4/h6-9,13-14H,5,10-12,17H2,1-4H3. The topological polar surface area (TPSA) is 38.5 Å². The van der Waals surface area contributed by atoms with Crippen LogP contribution in [0.25, 0.3) is 0 Å². The molecule has 0 aromatic heterocycles. The van der Waals surface area contributed by atoms with Crippen LogP contribution in [-0.2, 0) is 6.42 Å². The fourth-order valence-corrected chi connectivity index (χ4v) is 2.30. The Kier molecular flexibility index (Phi) is 6.89. The third-order valence-electron chi connectivity index (χ3n) is 3.92. The second-order valence-electron chi connectivity index (χ2n) is 5.31. The molecule has 108 valence electrons. The Hall–Kier alpha value is -1.06. The molecule has 2 unspecified atom stereocenters. The van der Waals surface area contributed by atoms with E-state index in [4.69, 9.17) is 10.5 Å². The molecule has 0 saturated carbocycles. The minimum absolute atomic E-state index is 0.483. The third kappa shape index (κ3) is 4.84. The van der Waals surface area contributed by atoms with Gasteiger partial charge in [0.15, 0.2) is 0 Å². The van der Waals surface area contributed by atoms with Crippen LogP contribution in [0.4, 0.5) is 0 Å². The molecule has 1 aromatic carbocycles. The van der Waals surface area contributed by atoms with Crippen LogP contribution in [0, 0.1) is 5.92 Å². The van der Waals surface area contributed by atoms with Crippen LogP contribution in [0.5, 0.6) is 5.75 Å². The molecule has 1 aromatic rings. The largest absolute Gasteiger partial charge is 0.496 e. The lowest BCUT2D eigenvalue weighted by Crippen LogP contribution is -2.37. The lowest BCUT2D eigenvalue weighted by molar-refractivity contribution is 0.215. The highest BCUT2D eigenvalue weighted by molar-refractivity contribution is 5.33. The number of benzene rings is 1. The molecular formula is C16H28N2O. The van der Waals surface area contributed by atoms with Crippen molar-refractivity contribution in [2.75, 3.05) is 27.2 Å². The Balaban J connectivity index is 2.60. The molecule has 19 heavy (non-hydrogen) atoms. The SMILES string of the molecule is CCC(CN)CN(C)C(C)Cc1ccccc1OC. The molecule has 2 N–H and O–H groups in total. The lowest BCUT2D eigenvalue weighted by Gasteiger charge is -2.28. The minimum Gasteiger partial charge on any atom is -0.496 e. The van der Waals surface area contributed by atoms with Gasteiger partial charge in [-0.25, -0.2) is 0 Å². The van der Waals surface area contributed by atoms with E-state index in [2.05, 4.69) is 37.9 Å². The van der Waals surface area contributed by atoms with Gasteiger partial charge in [-0.15, -0.1) is 0 Å². The molecule has 0 amide bonds. The quantitative estimate of drug-likeness (QED) is 0.784. The van der Waals surface area contributed by atoms with Crippen molar-refractivity contribution in [3.05, 3.63) is 29.8 Å². The summed E-state index contributed by atoms with van der Waals surface area (Å²) >= 11 is 0. The van der Waals surface area contributed by atoms with Crippen LogP contribution in [0.15, 0.2) is 24.3 Å². The molecule has 0 fully saturated rings. The van der Waals surface area contributed by atoms with Gasteiger partial charge in [-0.3, -0.25) is 0 Å². The van der Waals surface area contributed by atoms with Crippen LogP contribution >= 0.6 is 0 Å². The molecular weight excluding hydrogens is 236 g/mol. The maximum absolute atomic E-state index is 5.78. The van der Waals surface area contributed by atoms with Crippen molar-refractivity contribution in [3.8, 4) is 5.75 Å². The van der Waals surface area contributed by atoms with Gasteiger partial charge in [0.25, 0.3) is 0 Å². The molecule has 0 aliphatic carbocycles. The summed E-state index contributed by atoms with van der Waals surface area (Å²) in [6.07, 6.45) is 2.14. The Bertz CT molecular complexity index is 364. The highest BCUT2D eigenvalue weighted by atomic mass is 16.5. The van der Waals surface area contributed by atoms with Crippen molar-refractivity contribution < 1.29 is 4.74 Å². The second kappa shape index (κ2) is 8.18. The van der Waals surface area contributed by atoms with Crippen molar-refractivity contribution >= 4 is 0 Å². The first kappa shape index (κ1) is 16.0. The normalized spacial score (nSPS) is 14.4. The number of methoxy groups -OCH3 is 1. The molecule has 3 heteroatoms. The molecule has 0 heterocycles. The van der Waals surface area contributed by atoms with E-state index >= 15 is 0 Å². The number of ether oxygens (including phenoxy) is 1. The first-order valence-electron chi connectivity index (χ1n) is 7.14. The van der Waals surface area contributed by atoms with E-state index in [1.165, 1.54) is 5.56 Å². The number of rotatable bonds is 8. The first-order chi connectivity index (χ1) is 9.12. The number of para-hydroxylation sites is 1. The van der Waals surface area contributed by atoms with Crippen LogP contribution in [0.3, 0.4) is 0 Å². The predicted molar refractivity (Wildman–Crippen MR) is 81.6 cm³/mol. The molecule has 0 aliphatic rings. The maximum atomic E-state index is 5.78. The van der Waals surface area contributed by atoms with Crippen LogP contribution in [0.2, 0.25) is 0 Å². The Labute approximate surface area is 117 Å². The summed E-state index contributed by atoms with van der Waals surface area (Å²) in [5, 5.41) is 0. The zero-order valence-corrected chi connectivity index (χ0v) is 12.7. The Morgan fingerprint density at radius 2 is 2.00 bits per heavy atom. The van der Waals surface area contributed by atoms with E-state index in [1.807, 2.05) is 12.1 Å². The third-order valence-corrected chi connectivity index (χ3v) is 3.92. The summed E-state index contributed by atoms with van der Waals surface area (Å²) in [7, 11) is 3.91. The smallest absolute Gasteiger partial charge is 0.122 e. The number of hydrogen-bond donors (Lipinski definition) is 1. The molecule has 0 spiro atoms. The molecule has 0 aliphatic heterocycles. The van der Waals surface area contributed by atoms with E-state index in [9.17, 15) is 0 Å². The van der Waals surface area contributed by atoms with Gasteiger partial charge < -0.3 is 15.4 Å². The summed E-state index contributed by atoms with van der Waals surface area (Å²) in [4.78, 5) is 2.40. The summed E-state index contributed by atoms with van der Waals surface area (Å²) in [6.45, 7) is 6.29. The fraction of sp³-hybridized carbons (Fsp3) is 0.625. The summed E-state index contributed by atoms with van der Waals surface area (Å²) in [5.74, 6) is 1.57. The molecule has 1 rings (SSSR count). The monoisotopic (exact) mass is 264 g/mol. The first-order valence-corrected chi connectivity index (χ1v) is 7.14. The highest BCUT2D eigenvalue weighted by Crippen LogP contribution is 2.20. The van der Waals surface area contributed by atoms with Gasteiger partial charge in [-0.05, 0) is 44.5 Å². The number of likely N-dealkylation sites (N-methyl/N-ethyl adjacent to an activating group) is 1. The molecule has 2 atom stereocenters. The van der Waals surface area contributed by atoms with Crippen LogP contribution in [-0.4, -0.2) is 38.2 Å². The van der Waals surface area contributed by atoms with E-state index in [0.717, 1.165) is 31.7 Å². The summed E-state index contributed by atoms with van der Waals surface area (Å²) in [5.41, 5.74) is 7.05. The summed E-state index contributed by atoms with van der Waals surface area (Å²) < 4.78 is 5.41. The van der Waals surface area contributed by atoms with Gasteiger partial charge >= 0.3 is 0 Å². The summed E-state index contributed by atoms with van der Waals surface area (Å²) in [6, 6.07) is 8.73. The zero-order valence-electron chi connectivity index (χ0n) is 12.7. The average Bonchev–Trinajstić information content (AvgIpc) is 2.44.